The fourth-order valence-corrected chi connectivity index (χ4v) is 1.88. The molecule has 0 aliphatic heterocycles. The summed E-state index contributed by atoms with van der Waals surface area (Å²) in [6.45, 7) is 6.69. The van der Waals surface area contributed by atoms with Crippen LogP contribution in [0.25, 0.3) is 0 Å². The van der Waals surface area contributed by atoms with Gasteiger partial charge < -0.3 is 19.5 Å². The Kier molecular flexibility index (Phi) is 7.30. The molecule has 0 aliphatic rings. The van der Waals surface area contributed by atoms with Crippen LogP contribution in [0.4, 0.5) is 0 Å². The van der Waals surface area contributed by atoms with Gasteiger partial charge in [-0.05, 0) is 44.5 Å². The Morgan fingerprint density at radius 1 is 1.16 bits per heavy atom. The van der Waals surface area contributed by atoms with Crippen LogP contribution in [-0.2, 0) is 4.74 Å². The molecule has 1 N–H and O–H groups in total. The second kappa shape index (κ2) is 8.77. The van der Waals surface area contributed by atoms with Gasteiger partial charge in [-0.15, -0.1) is 0 Å². The summed E-state index contributed by atoms with van der Waals surface area (Å²) in [5.41, 5.74) is 1.19. The van der Waals surface area contributed by atoms with Crippen molar-refractivity contribution in [1.82, 2.24) is 5.32 Å². The van der Waals surface area contributed by atoms with Crippen molar-refractivity contribution in [3.63, 3.8) is 0 Å². The van der Waals surface area contributed by atoms with Crippen molar-refractivity contribution in [2.45, 2.75) is 26.3 Å². The number of methoxy groups -OCH3 is 2. The molecule has 0 spiro atoms. The van der Waals surface area contributed by atoms with Gasteiger partial charge in [0.05, 0.1) is 14.2 Å². The van der Waals surface area contributed by atoms with E-state index in [1.165, 1.54) is 5.56 Å². The number of rotatable bonds is 9. The van der Waals surface area contributed by atoms with E-state index in [0.29, 0.717) is 0 Å². The molecule has 0 bridgehead atoms. The lowest BCUT2D eigenvalue weighted by atomic mass is 10.1. The van der Waals surface area contributed by atoms with Crippen molar-refractivity contribution in [3.8, 4) is 11.5 Å². The van der Waals surface area contributed by atoms with E-state index >= 15 is 0 Å². The van der Waals surface area contributed by atoms with Crippen molar-refractivity contribution in [3.05, 3.63) is 23.8 Å². The maximum absolute atomic E-state index is 5.31. The number of hydrogen-bond donors (Lipinski definition) is 1. The normalized spacial score (nSPS) is 12.2. The van der Waals surface area contributed by atoms with Crippen LogP contribution >= 0.6 is 0 Å². The second-order valence-corrected chi connectivity index (χ2v) is 4.34. The average molecular weight is 267 g/mol. The highest BCUT2D eigenvalue weighted by molar-refractivity contribution is 5.43. The molecule has 4 heteroatoms. The molecule has 1 atom stereocenters. The number of hydrogen-bond acceptors (Lipinski definition) is 4. The van der Waals surface area contributed by atoms with Gasteiger partial charge in [-0.25, -0.2) is 0 Å². The molecular weight excluding hydrogens is 242 g/mol. The van der Waals surface area contributed by atoms with Crippen molar-refractivity contribution < 1.29 is 14.2 Å². The van der Waals surface area contributed by atoms with Crippen LogP contribution in [0.1, 0.15) is 31.9 Å². The first-order valence-electron chi connectivity index (χ1n) is 6.76. The van der Waals surface area contributed by atoms with E-state index in [9.17, 15) is 0 Å². The molecule has 0 aliphatic carbocycles. The lowest BCUT2D eigenvalue weighted by Gasteiger charge is -2.16. The van der Waals surface area contributed by atoms with E-state index in [1.807, 2.05) is 19.1 Å². The van der Waals surface area contributed by atoms with Gasteiger partial charge in [0.2, 0.25) is 0 Å². The fourth-order valence-electron chi connectivity index (χ4n) is 1.88. The number of nitrogens with one attached hydrogen (secondary N) is 1. The third-order valence-corrected chi connectivity index (χ3v) is 3.03. The minimum absolute atomic E-state index is 0.279. The first-order chi connectivity index (χ1) is 9.22. The molecule has 0 saturated carbocycles. The molecule has 0 amide bonds. The second-order valence-electron chi connectivity index (χ2n) is 4.34. The van der Waals surface area contributed by atoms with Crippen LogP contribution in [0.3, 0.4) is 0 Å². The first kappa shape index (κ1) is 15.8. The fraction of sp³-hybridized carbons (Fsp3) is 0.600. The SMILES string of the molecule is CCOCCCNC(C)c1ccc(OC)c(OC)c1. The Bertz CT molecular complexity index is 368. The molecule has 1 unspecified atom stereocenters. The molecule has 108 valence electrons. The minimum Gasteiger partial charge on any atom is -0.493 e. The molecule has 0 fully saturated rings. The summed E-state index contributed by atoms with van der Waals surface area (Å²) >= 11 is 0. The Morgan fingerprint density at radius 2 is 1.89 bits per heavy atom. The molecule has 0 aromatic heterocycles. The molecule has 0 saturated heterocycles. The summed E-state index contributed by atoms with van der Waals surface area (Å²) in [7, 11) is 3.30. The first-order valence-corrected chi connectivity index (χ1v) is 6.76. The van der Waals surface area contributed by atoms with Gasteiger partial charge in [-0.1, -0.05) is 6.07 Å². The quantitative estimate of drug-likeness (QED) is 0.698. The van der Waals surface area contributed by atoms with Gasteiger partial charge in [-0.2, -0.15) is 0 Å². The van der Waals surface area contributed by atoms with Crippen LogP contribution in [0, 0.1) is 0 Å². The van der Waals surface area contributed by atoms with Gasteiger partial charge >= 0.3 is 0 Å². The zero-order valence-corrected chi connectivity index (χ0v) is 12.4. The van der Waals surface area contributed by atoms with Crippen LogP contribution in [0.15, 0.2) is 18.2 Å². The van der Waals surface area contributed by atoms with Crippen molar-refractivity contribution >= 4 is 0 Å². The topological polar surface area (TPSA) is 39.7 Å². The van der Waals surface area contributed by atoms with E-state index in [2.05, 4.69) is 18.3 Å². The summed E-state index contributed by atoms with van der Waals surface area (Å²) in [5, 5.41) is 3.47. The summed E-state index contributed by atoms with van der Waals surface area (Å²) < 4.78 is 15.9. The van der Waals surface area contributed by atoms with Crippen LogP contribution < -0.4 is 14.8 Å². The van der Waals surface area contributed by atoms with Crippen molar-refractivity contribution in [2.75, 3.05) is 34.0 Å². The molecule has 1 aromatic rings. The van der Waals surface area contributed by atoms with Crippen molar-refractivity contribution in [1.29, 1.82) is 0 Å². The lowest BCUT2D eigenvalue weighted by molar-refractivity contribution is 0.144. The molecule has 19 heavy (non-hydrogen) atoms. The van der Waals surface area contributed by atoms with E-state index < -0.39 is 0 Å². The molecular formula is C15H25NO3. The Balaban J connectivity index is 2.49. The summed E-state index contributed by atoms with van der Waals surface area (Å²) in [5.74, 6) is 1.53. The highest BCUT2D eigenvalue weighted by Gasteiger charge is 2.09. The predicted octanol–water partition coefficient (Wildman–Crippen LogP) is 2.78. The molecule has 0 radical (unpaired) electrons. The zero-order valence-electron chi connectivity index (χ0n) is 12.4. The zero-order chi connectivity index (χ0) is 14.1. The van der Waals surface area contributed by atoms with Crippen LogP contribution in [0.2, 0.25) is 0 Å². The molecule has 0 heterocycles. The minimum atomic E-state index is 0.279. The van der Waals surface area contributed by atoms with Gasteiger partial charge in [0.1, 0.15) is 0 Å². The number of benzene rings is 1. The standard InChI is InChI=1S/C15H25NO3/c1-5-19-10-6-9-16-12(2)13-7-8-14(17-3)15(11-13)18-4/h7-8,11-12,16H,5-6,9-10H2,1-4H3. The third-order valence-electron chi connectivity index (χ3n) is 3.03. The highest BCUT2D eigenvalue weighted by Crippen LogP contribution is 2.29. The van der Waals surface area contributed by atoms with Gasteiger partial charge in [0, 0.05) is 19.3 Å². The maximum atomic E-state index is 5.31. The number of ether oxygens (including phenoxy) is 3. The van der Waals surface area contributed by atoms with Gasteiger partial charge in [-0.3, -0.25) is 0 Å². The Hall–Kier alpha value is -1.26. The van der Waals surface area contributed by atoms with E-state index in [-0.39, 0.29) is 6.04 Å². The Labute approximate surface area is 116 Å². The smallest absolute Gasteiger partial charge is 0.161 e. The van der Waals surface area contributed by atoms with E-state index in [0.717, 1.165) is 37.7 Å². The third kappa shape index (κ3) is 5.09. The lowest BCUT2D eigenvalue weighted by Crippen LogP contribution is -2.21. The summed E-state index contributed by atoms with van der Waals surface area (Å²) in [6.07, 6.45) is 1.02. The van der Waals surface area contributed by atoms with E-state index in [4.69, 9.17) is 14.2 Å². The predicted molar refractivity (Wildman–Crippen MR) is 77.1 cm³/mol. The van der Waals surface area contributed by atoms with Crippen molar-refractivity contribution in [2.24, 2.45) is 0 Å². The molecule has 1 aromatic carbocycles. The van der Waals surface area contributed by atoms with Crippen LogP contribution in [0.5, 0.6) is 11.5 Å². The monoisotopic (exact) mass is 267 g/mol. The van der Waals surface area contributed by atoms with Gasteiger partial charge in [0.25, 0.3) is 0 Å². The summed E-state index contributed by atoms with van der Waals surface area (Å²) in [4.78, 5) is 0. The Morgan fingerprint density at radius 3 is 2.53 bits per heavy atom. The van der Waals surface area contributed by atoms with Crippen LogP contribution in [-0.4, -0.2) is 34.0 Å². The largest absolute Gasteiger partial charge is 0.493 e. The summed E-state index contributed by atoms with van der Waals surface area (Å²) in [6, 6.07) is 6.29. The molecule has 4 nitrogen and oxygen atoms in total. The van der Waals surface area contributed by atoms with E-state index in [1.54, 1.807) is 14.2 Å². The highest BCUT2D eigenvalue weighted by atomic mass is 16.5. The maximum Gasteiger partial charge on any atom is 0.161 e. The van der Waals surface area contributed by atoms with Gasteiger partial charge in [0.15, 0.2) is 11.5 Å². The average Bonchev–Trinajstić information content (AvgIpc) is 2.46. The molecule has 1 rings (SSSR count).